The summed E-state index contributed by atoms with van der Waals surface area (Å²) < 4.78 is 6.70. The van der Waals surface area contributed by atoms with Gasteiger partial charge in [-0.1, -0.05) is 0 Å². The number of carbonyl (C=O) groups excluding carboxylic acids is 1. The summed E-state index contributed by atoms with van der Waals surface area (Å²) in [6.07, 6.45) is 0. The van der Waals surface area contributed by atoms with E-state index in [0.29, 0.717) is 6.04 Å². The van der Waals surface area contributed by atoms with Gasteiger partial charge in [-0.3, -0.25) is 4.79 Å². The Balaban J connectivity index is 0.00000200. The molecule has 0 bridgehead atoms. The van der Waals surface area contributed by atoms with Crippen LogP contribution in [0.25, 0.3) is 0 Å². The number of hydrogen-bond donors (Lipinski definition) is 1. The summed E-state index contributed by atoms with van der Waals surface area (Å²) in [5, 5.41) is 3.36. The highest BCUT2D eigenvalue weighted by Crippen LogP contribution is 2.14. The van der Waals surface area contributed by atoms with Crippen molar-refractivity contribution in [2.24, 2.45) is 0 Å². The quantitative estimate of drug-likeness (QED) is 0.778. The fourth-order valence-electron chi connectivity index (χ4n) is 2.17. The molecule has 1 aliphatic heterocycles. The van der Waals surface area contributed by atoms with Crippen LogP contribution in [0.4, 0.5) is 0 Å². The Kier molecular flexibility index (Phi) is 7.05. The van der Waals surface area contributed by atoms with E-state index in [4.69, 9.17) is 4.74 Å². The number of amides is 1. The lowest BCUT2D eigenvalue weighted by atomic mass is 10.1. The van der Waals surface area contributed by atoms with Crippen LogP contribution >= 0.6 is 35.0 Å². The number of benzene rings is 1. The summed E-state index contributed by atoms with van der Waals surface area (Å²) >= 11 is 2.24. The summed E-state index contributed by atoms with van der Waals surface area (Å²) in [5.41, 5.74) is 0. The molecule has 2 unspecified atom stereocenters. The van der Waals surface area contributed by atoms with Gasteiger partial charge in [-0.05, 0) is 60.7 Å². The third kappa shape index (κ3) is 4.49. The molecule has 1 fully saturated rings. The lowest BCUT2D eigenvalue weighted by molar-refractivity contribution is -0.137. The highest BCUT2D eigenvalue weighted by atomic mass is 127. The summed E-state index contributed by atoms with van der Waals surface area (Å²) in [7, 11) is 0. The Morgan fingerprint density at radius 2 is 2.05 bits per heavy atom. The van der Waals surface area contributed by atoms with Gasteiger partial charge in [0.15, 0.2) is 6.61 Å². The SMILES string of the molecule is CC1NCCN(C(=O)COc2ccc(I)cc2)C1C.Cl. The van der Waals surface area contributed by atoms with Crippen LogP contribution in [0.2, 0.25) is 0 Å². The Morgan fingerprint density at radius 3 is 2.70 bits per heavy atom. The van der Waals surface area contributed by atoms with Crippen LogP contribution in [0, 0.1) is 3.57 Å². The molecule has 1 aromatic carbocycles. The van der Waals surface area contributed by atoms with Gasteiger partial charge in [0.25, 0.3) is 5.91 Å². The monoisotopic (exact) mass is 410 g/mol. The van der Waals surface area contributed by atoms with Crippen LogP contribution in [0.5, 0.6) is 5.75 Å². The highest BCUT2D eigenvalue weighted by Gasteiger charge is 2.28. The standard InChI is InChI=1S/C14H19IN2O2.ClH/c1-10-11(2)17(8-7-16-10)14(18)9-19-13-5-3-12(15)4-6-13;/h3-6,10-11,16H,7-9H2,1-2H3;1H. The number of nitrogens with one attached hydrogen (secondary N) is 1. The maximum atomic E-state index is 12.2. The Bertz CT molecular complexity index is 441. The van der Waals surface area contributed by atoms with Gasteiger partial charge in [0.1, 0.15) is 5.75 Å². The molecule has 0 spiro atoms. The van der Waals surface area contributed by atoms with E-state index in [-0.39, 0.29) is 31.0 Å². The molecule has 20 heavy (non-hydrogen) atoms. The first-order chi connectivity index (χ1) is 9.08. The summed E-state index contributed by atoms with van der Waals surface area (Å²) in [6, 6.07) is 8.25. The molecule has 6 heteroatoms. The normalized spacial score (nSPS) is 22.1. The molecular weight excluding hydrogens is 391 g/mol. The van der Waals surface area contributed by atoms with Crippen LogP contribution in [0.15, 0.2) is 24.3 Å². The number of nitrogens with zero attached hydrogens (tertiary/aromatic N) is 1. The van der Waals surface area contributed by atoms with Gasteiger partial charge in [0, 0.05) is 28.7 Å². The van der Waals surface area contributed by atoms with Gasteiger partial charge in [0.2, 0.25) is 0 Å². The van der Waals surface area contributed by atoms with Crippen molar-refractivity contribution in [1.82, 2.24) is 10.2 Å². The van der Waals surface area contributed by atoms with Gasteiger partial charge >= 0.3 is 0 Å². The molecule has 0 saturated carbocycles. The molecule has 1 aromatic rings. The second-order valence-electron chi connectivity index (χ2n) is 4.81. The second-order valence-corrected chi connectivity index (χ2v) is 6.06. The Hall–Kier alpha value is -0.530. The maximum absolute atomic E-state index is 12.2. The first-order valence-corrected chi connectivity index (χ1v) is 7.57. The topological polar surface area (TPSA) is 41.6 Å². The van der Waals surface area contributed by atoms with Crippen molar-refractivity contribution in [3.8, 4) is 5.75 Å². The van der Waals surface area contributed by atoms with E-state index >= 15 is 0 Å². The van der Waals surface area contributed by atoms with Crippen molar-refractivity contribution < 1.29 is 9.53 Å². The summed E-state index contributed by atoms with van der Waals surface area (Å²) in [5.74, 6) is 0.795. The minimum absolute atomic E-state index is 0. The lowest BCUT2D eigenvalue weighted by Gasteiger charge is -2.38. The smallest absolute Gasteiger partial charge is 0.260 e. The third-order valence-electron chi connectivity index (χ3n) is 3.53. The number of carbonyl (C=O) groups is 1. The zero-order valence-electron chi connectivity index (χ0n) is 11.6. The molecule has 0 radical (unpaired) electrons. The van der Waals surface area contributed by atoms with Crippen LogP contribution in [-0.4, -0.2) is 42.6 Å². The van der Waals surface area contributed by atoms with Crippen LogP contribution in [-0.2, 0) is 4.79 Å². The second kappa shape index (κ2) is 8.05. The minimum atomic E-state index is 0. The zero-order valence-corrected chi connectivity index (χ0v) is 14.6. The maximum Gasteiger partial charge on any atom is 0.260 e. The lowest BCUT2D eigenvalue weighted by Crippen LogP contribution is -2.58. The number of ether oxygens (including phenoxy) is 1. The highest BCUT2D eigenvalue weighted by molar-refractivity contribution is 14.1. The van der Waals surface area contributed by atoms with E-state index in [1.807, 2.05) is 29.2 Å². The Labute approximate surface area is 139 Å². The predicted molar refractivity (Wildman–Crippen MR) is 90.5 cm³/mol. The largest absolute Gasteiger partial charge is 0.484 e. The van der Waals surface area contributed by atoms with Crippen molar-refractivity contribution in [3.63, 3.8) is 0 Å². The minimum Gasteiger partial charge on any atom is -0.484 e. The average Bonchev–Trinajstić information content (AvgIpc) is 2.41. The fourth-order valence-corrected chi connectivity index (χ4v) is 2.53. The molecular formula is C14H20ClIN2O2. The van der Waals surface area contributed by atoms with E-state index in [9.17, 15) is 4.79 Å². The van der Waals surface area contributed by atoms with Gasteiger partial charge in [-0.25, -0.2) is 0 Å². The molecule has 1 amide bonds. The molecule has 112 valence electrons. The van der Waals surface area contributed by atoms with Crippen molar-refractivity contribution in [3.05, 3.63) is 27.8 Å². The molecule has 2 rings (SSSR count). The number of halogens is 2. The van der Waals surface area contributed by atoms with Crippen molar-refractivity contribution in [1.29, 1.82) is 0 Å². The van der Waals surface area contributed by atoms with Crippen LogP contribution < -0.4 is 10.1 Å². The molecule has 1 N–H and O–H groups in total. The Morgan fingerprint density at radius 1 is 1.40 bits per heavy atom. The predicted octanol–water partition coefficient (Wildman–Crippen LogP) is 2.30. The number of hydrogen-bond acceptors (Lipinski definition) is 3. The zero-order chi connectivity index (χ0) is 13.8. The fraction of sp³-hybridized carbons (Fsp3) is 0.500. The first-order valence-electron chi connectivity index (χ1n) is 6.49. The summed E-state index contributed by atoms with van der Waals surface area (Å²) in [4.78, 5) is 14.1. The van der Waals surface area contributed by atoms with Gasteiger partial charge in [-0.15, -0.1) is 12.4 Å². The molecule has 1 heterocycles. The van der Waals surface area contributed by atoms with E-state index < -0.39 is 0 Å². The van der Waals surface area contributed by atoms with Gasteiger partial charge in [-0.2, -0.15) is 0 Å². The van der Waals surface area contributed by atoms with Crippen LogP contribution in [0.1, 0.15) is 13.8 Å². The van der Waals surface area contributed by atoms with E-state index in [0.717, 1.165) is 22.4 Å². The van der Waals surface area contributed by atoms with Crippen LogP contribution in [0.3, 0.4) is 0 Å². The van der Waals surface area contributed by atoms with Crippen molar-refractivity contribution in [2.75, 3.05) is 19.7 Å². The third-order valence-corrected chi connectivity index (χ3v) is 4.25. The van der Waals surface area contributed by atoms with E-state index in [1.165, 1.54) is 0 Å². The summed E-state index contributed by atoms with van der Waals surface area (Å²) in [6.45, 7) is 5.88. The average molecular weight is 411 g/mol. The van der Waals surface area contributed by atoms with E-state index in [1.54, 1.807) is 0 Å². The molecule has 0 aromatic heterocycles. The molecule has 4 nitrogen and oxygen atoms in total. The number of piperazine rings is 1. The van der Waals surface area contributed by atoms with Crippen molar-refractivity contribution in [2.45, 2.75) is 25.9 Å². The van der Waals surface area contributed by atoms with Crippen molar-refractivity contribution >= 4 is 40.9 Å². The van der Waals surface area contributed by atoms with E-state index in [2.05, 4.69) is 41.8 Å². The van der Waals surface area contributed by atoms with Gasteiger partial charge < -0.3 is 15.0 Å². The first kappa shape index (κ1) is 17.5. The van der Waals surface area contributed by atoms with Gasteiger partial charge in [0.05, 0.1) is 0 Å². The molecule has 2 atom stereocenters. The number of rotatable bonds is 3. The molecule has 1 saturated heterocycles. The molecule has 0 aliphatic carbocycles. The molecule has 1 aliphatic rings.